The number of benzene rings is 2. The van der Waals surface area contributed by atoms with Gasteiger partial charge in [-0.2, -0.15) is 0 Å². The maximum atomic E-state index is 13.4. The van der Waals surface area contributed by atoms with Gasteiger partial charge >= 0.3 is 0 Å². The second-order valence-corrected chi connectivity index (χ2v) is 11.0. The molecule has 2 aromatic carbocycles. The Balaban J connectivity index is 2.13. The molecule has 0 saturated carbocycles. The lowest BCUT2D eigenvalue weighted by molar-refractivity contribution is 0.580. The van der Waals surface area contributed by atoms with E-state index in [-0.39, 0.29) is 16.4 Å². The molecule has 140 valence electrons. The Morgan fingerprint density at radius 1 is 0.962 bits per heavy atom. The van der Waals surface area contributed by atoms with Crippen LogP contribution in [0, 0.1) is 20.8 Å². The number of rotatable bonds is 4. The Morgan fingerprint density at radius 3 is 2.15 bits per heavy atom. The van der Waals surface area contributed by atoms with Crippen LogP contribution in [0.1, 0.15) is 23.1 Å². The van der Waals surface area contributed by atoms with Gasteiger partial charge in [0.1, 0.15) is 0 Å². The molecule has 0 radical (unpaired) electrons. The molecule has 0 spiro atoms. The van der Waals surface area contributed by atoms with E-state index in [1.165, 1.54) is 4.31 Å². The fraction of sp³-hybridized carbons (Fsp3) is 0.368. The molecule has 7 heteroatoms. The van der Waals surface area contributed by atoms with Crippen molar-refractivity contribution in [3.63, 3.8) is 0 Å². The number of sulfone groups is 1. The van der Waals surface area contributed by atoms with Crippen LogP contribution in [0.5, 0.6) is 0 Å². The van der Waals surface area contributed by atoms with Crippen molar-refractivity contribution in [3.05, 3.63) is 59.2 Å². The van der Waals surface area contributed by atoms with Crippen LogP contribution in [0.25, 0.3) is 0 Å². The summed E-state index contributed by atoms with van der Waals surface area (Å²) >= 11 is 0. The number of sulfonamides is 1. The van der Waals surface area contributed by atoms with Gasteiger partial charge in [-0.25, -0.2) is 16.8 Å². The van der Waals surface area contributed by atoms with Gasteiger partial charge in [-0.1, -0.05) is 23.8 Å². The molecule has 1 atom stereocenters. The maximum Gasteiger partial charge on any atom is 0.264 e. The highest BCUT2D eigenvalue weighted by Crippen LogP contribution is 2.32. The summed E-state index contributed by atoms with van der Waals surface area (Å²) in [6.45, 7) is 5.76. The third-order valence-electron chi connectivity index (χ3n) is 4.86. The van der Waals surface area contributed by atoms with Crippen molar-refractivity contribution in [2.75, 3.05) is 15.8 Å². The Hall–Kier alpha value is -1.86. The van der Waals surface area contributed by atoms with Crippen molar-refractivity contribution in [1.29, 1.82) is 0 Å². The van der Waals surface area contributed by atoms with E-state index >= 15 is 0 Å². The molecule has 5 nitrogen and oxygen atoms in total. The Kier molecular flexibility index (Phi) is 4.88. The molecule has 1 aliphatic rings. The molecule has 0 bridgehead atoms. The fourth-order valence-corrected chi connectivity index (χ4v) is 6.66. The zero-order chi connectivity index (χ0) is 19.1. The summed E-state index contributed by atoms with van der Waals surface area (Å²) in [4.78, 5) is 0.172. The van der Waals surface area contributed by atoms with Crippen LogP contribution in [-0.4, -0.2) is 34.4 Å². The number of aryl methyl sites for hydroxylation is 3. The number of anilines is 1. The summed E-state index contributed by atoms with van der Waals surface area (Å²) < 4.78 is 52.0. The highest BCUT2D eigenvalue weighted by Gasteiger charge is 2.39. The SMILES string of the molecule is Cc1ccc(S(=O)(=O)N(c2ccc(C)c(C)c2)[C@@H]2CCS(=O)(=O)C2)cc1. The minimum atomic E-state index is -3.87. The van der Waals surface area contributed by atoms with E-state index in [2.05, 4.69) is 0 Å². The van der Waals surface area contributed by atoms with E-state index in [0.29, 0.717) is 12.1 Å². The first-order valence-corrected chi connectivity index (χ1v) is 11.7. The van der Waals surface area contributed by atoms with E-state index in [4.69, 9.17) is 0 Å². The molecule has 26 heavy (non-hydrogen) atoms. The highest BCUT2D eigenvalue weighted by molar-refractivity contribution is 7.93. The summed E-state index contributed by atoms with van der Waals surface area (Å²) in [7, 11) is -7.09. The van der Waals surface area contributed by atoms with Gasteiger partial charge < -0.3 is 0 Å². The van der Waals surface area contributed by atoms with Gasteiger partial charge in [-0.05, 0) is 62.6 Å². The first-order chi connectivity index (χ1) is 12.1. The fourth-order valence-electron chi connectivity index (χ4n) is 3.19. The van der Waals surface area contributed by atoms with Gasteiger partial charge in [0, 0.05) is 0 Å². The Bertz CT molecular complexity index is 1030. The molecule has 1 aliphatic heterocycles. The average Bonchev–Trinajstić information content (AvgIpc) is 2.90. The molecule has 0 aliphatic carbocycles. The lowest BCUT2D eigenvalue weighted by Crippen LogP contribution is -2.41. The van der Waals surface area contributed by atoms with Crippen LogP contribution in [0.3, 0.4) is 0 Å². The summed E-state index contributed by atoms with van der Waals surface area (Å²) in [6, 6.07) is 11.5. The molecule has 0 amide bonds. The van der Waals surface area contributed by atoms with Crippen LogP contribution in [0.4, 0.5) is 5.69 Å². The van der Waals surface area contributed by atoms with Crippen LogP contribution in [0.2, 0.25) is 0 Å². The molecule has 1 heterocycles. The van der Waals surface area contributed by atoms with Gasteiger partial charge in [0.05, 0.1) is 28.1 Å². The molecule has 1 fully saturated rings. The minimum Gasteiger partial charge on any atom is -0.262 e. The summed E-state index contributed by atoms with van der Waals surface area (Å²) in [5.74, 6) is -0.132. The second kappa shape index (κ2) is 6.70. The van der Waals surface area contributed by atoms with Gasteiger partial charge in [0.2, 0.25) is 0 Å². The smallest absolute Gasteiger partial charge is 0.262 e. The van der Waals surface area contributed by atoms with Crippen LogP contribution in [-0.2, 0) is 19.9 Å². The molecule has 2 aromatic rings. The lowest BCUT2D eigenvalue weighted by atomic mass is 10.1. The van der Waals surface area contributed by atoms with Crippen LogP contribution >= 0.6 is 0 Å². The number of hydrogen-bond donors (Lipinski definition) is 0. The third-order valence-corrected chi connectivity index (χ3v) is 8.51. The first-order valence-electron chi connectivity index (χ1n) is 8.49. The number of nitrogens with zero attached hydrogens (tertiary/aromatic N) is 1. The highest BCUT2D eigenvalue weighted by atomic mass is 32.2. The predicted molar refractivity (Wildman–Crippen MR) is 104 cm³/mol. The standard InChI is InChI=1S/C19H23NO4S2/c1-14-4-8-19(9-5-14)26(23,24)20(18-10-11-25(21,22)13-18)17-7-6-15(2)16(3)12-17/h4-9,12,18H,10-11,13H2,1-3H3/t18-/m1/s1. The summed E-state index contributed by atoms with van der Waals surface area (Å²) in [5.41, 5.74) is 3.49. The van der Waals surface area contributed by atoms with E-state index < -0.39 is 25.9 Å². The van der Waals surface area contributed by atoms with Crippen molar-refractivity contribution in [3.8, 4) is 0 Å². The quantitative estimate of drug-likeness (QED) is 0.801. The normalized spacial score (nSPS) is 19.4. The second-order valence-electron chi connectivity index (χ2n) is 6.94. The van der Waals surface area contributed by atoms with Gasteiger partial charge in [-0.3, -0.25) is 4.31 Å². The van der Waals surface area contributed by atoms with Crippen molar-refractivity contribution in [2.45, 2.75) is 38.1 Å². The molecule has 1 saturated heterocycles. The van der Waals surface area contributed by atoms with Crippen molar-refractivity contribution >= 4 is 25.5 Å². The van der Waals surface area contributed by atoms with Gasteiger partial charge in [0.25, 0.3) is 10.0 Å². The molecule has 3 rings (SSSR count). The largest absolute Gasteiger partial charge is 0.264 e. The maximum absolute atomic E-state index is 13.4. The molecule has 0 N–H and O–H groups in total. The summed E-state index contributed by atoms with van der Waals surface area (Å²) in [6.07, 6.45) is 0.306. The van der Waals surface area contributed by atoms with E-state index in [0.717, 1.165) is 16.7 Å². The Morgan fingerprint density at radius 2 is 1.62 bits per heavy atom. The van der Waals surface area contributed by atoms with Gasteiger partial charge in [-0.15, -0.1) is 0 Å². The van der Waals surface area contributed by atoms with Crippen LogP contribution < -0.4 is 4.31 Å². The first kappa shape index (κ1) is 18.9. The molecular formula is C19H23NO4S2. The van der Waals surface area contributed by atoms with E-state index in [9.17, 15) is 16.8 Å². The van der Waals surface area contributed by atoms with E-state index in [1.54, 1.807) is 30.3 Å². The predicted octanol–water partition coefficient (Wildman–Crippen LogP) is 2.99. The van der Waals surface area contributed by atoms with Gasteiger partial charge in [0.15, 0.2) is 9.84 Å². The number of hydrogen-bond acceptors (Lipinski definition) is 4. The molecule has 0 unspecified atom stereocenters. The molecular weight excluding hydrogens is 370 g/mol. The summed E-state index contributed by atoms with van der Waals surface area (Å²) in [5, 5.41) is 0. The average molecular weight is 394 g/mol. The van der Waals surface area contributed by atoms with Crippen molar-refractivity contribution in [1.82, 2.24) is 0 Å². The van der Waals surface area contributed by atoms with Crippen molar-refractivity contribution in [2.24, 2.45) is 0 Å². The van der Waals surface area contributed by atoms with Crippen LogP contribution in [0.15, 0.2) is 47.4 Å². The monoisotopic (exact) mass is 393 g/mol. The zero-order valence-electron chi connectivity index (χ0n) is 15.1. The molecule has 0 aromatic heterocycles. The third kappa shape index (κ3) is 3.64. The topological polar surface area (TPSA) is 71.5 Å². The Labute approximate surface area is 155 Å². The minimum absolute atomic E-state index is 0.0163. The zero-order valence-corrected chi connectivity index (χ0v) is 16.8. The van der Waals surface area contributed by atoms with Crippen molar-refractivity contribution < 1.29 is 16.8 Å². The van der Waals surface area contributed by atoms with E-state index in [1.807, 2.05) is 32.9 Å². The lowest BCUT2D eigenvalue weighted by Gasteiger charge is -2.30.